The molecule has 0 heterocycles. The van der Waals surface area contributed by atoms with Gasteiger partial charge in [0.2, 0.25) is 0 Å². The van der Waals surface area contributed by atoms with Crippen LogP contribution in [-0.2, 0) is 9.53 Å². The molecule has 1 saturated carbocycles. The van der Waals surface area contributed by atoms with Gasteiger partial charge < -0.3 is 9.84 Å². The molecule has 0 aromatic rings. The molecular weight excluding hydrogens is 264 g/mol. The summed E-state index contributed by atoms with van der Waals surface area (Å²) < 4.78 is 5.88. The van der Waals surface area contributed by atoms with Crippen LogP contribution in [0.5, 0.6) is 0 Å². The number of rotatable bonds is 4. The summed E-state index contributed by atoms with van der Waals surface area (Å²) >= 11 is 0. The van der Waals surface area contributed by atoms with Gasteiger partial charge in [0, 0.05) is 12.5 Å². The molecule has 7 atom stereocenters. The number of fused-ring (bicyclic) bond motifs is 1. The SMILES string of the molecule is CC[C@H](C)C(=O)O[C@H]1C[C@H](C)C[C@@H]2C=C[C@H](C)[C@H](CO)[C@@H]12. The normalized spacial score (nSPS) is 40.4. The van der Waals surface area contributed by atoms with E-state index < -0.39 is 0 Å². The van der Waals surface area contributed by atoms with E-state index in [2.05, 4.69) is 26.0 Å². The summed E-state index contributed by atoms with van der Waals surface area (Å²) in [7, 11) is 0. The van der Waals surface area contributed by atoms with E-state index in [1.165, 1.54) is 0 Å². The number of aliphatic hydroxyl groups is 1. The van der Waals surface area contributed by atoms with Crippen molar-refractivity contribution >= 4 is 5.97 Å². The molecule has 2 aliphatic carbocycles. The summed E-state index contributed by atoms with van der Waals surface area (Å²) in [4.78, 5) is 12.2. The van der Waals surface area contributed by atoms with Gasteiger partial charge in [-0.3, -0.25) is 4.79 Å². The van der Waals surface area contributed by atoms with Crippen LogP contribution < -0.4 is 0 Å². The Morgan fingerprint density at radius 2 is 2.05 bits per heavy atom. The maximum Gasteiger partial charge on any atom is 0.308 e. The fourth-order valence-corrected chi connectivity index (χ4v) is 4.01. The van der Waals surface area contributed by atoms with Crippen molar-refractivity contribution in [3.8, 4) is 0 Å². The molecule has 3 nitrogen and oxygen atoms in total. The number of carbonyl (C=O) groups excluding carboxylic acids is 1. The Labute approximate surface area is 128 Å². The zero-order valence-corrected chi connectivity index (χ0v) is 13.8. The van der Waals surface area contributed by atoms with Crippen molar-refractivity contribution in [2.24, 2.45) is 35.5 Å². The average molecular weight is 294 g/mol. The van der Waals surface area contributed by atoms with Crippen LogP contribution in [0.3, 0.4) is 0 Å². The molecule has 0 aromatic heterocycles. The summed E-state index contributed by atoms with van der Waals surface area (Å²) in [6.07, 6.45) is 7.37. The van der Waals surface area contributed by atoms with E-state index in [4.69, 9.17) is 4.74 Å². The predicted molar refractivity (Wildman–Crippen MR) is 83.6 cm³/mol. The van der Waals surface area contributed by atoms with Gasteiger partial charge >= 0.3 is 5.97 Å². The lowest BCUT2D eigenvalue weighted by Crippen LogP contribution is -2.47. The third kappa shape index (κ3) is 3.50. The smallest absolute Gasteiger partial charge is 0.308 e. The fraction of sp³-hybridized carbons (Fsp3) is 0.833. The maximum absolute atomic E-state index is 12.2. The van der Waals surface area contributed by atoms with Crippen LogP contribution in [0.25, 0.3) is 0 Å². The summed E-state index contributed by atoms with van der Waals surface area (Å²) in [5.74, 6) is 1.74. The molecule has 0 aromatic carbocycles. The van der Waals surface area contributed by atoms with E-state index >= 15 is 0 Å². The molecule has 2 rings (SSSR count). The van der Waals surface area contributed by atoms with Crippen LogP contribution >= 0.6 is 0 Å². The van der Waals surface area contributed by atoms with Crippen molar-refractivity contribution in [3.05, 3.63) is 12.2 Å². The Bertz CT molecular complexity index is 390. The van der Waals surface area contributed by atoms with Gasteiger partial charge in [-0.1, -0.05) is 39.8 Å². The standard InChI is InChI=1S/C18H30O3/c1-5-12(3)18(20)21-16-9-11(2)8-14-7-6-13(4)15(10-19)17(14)16/h6-7,11-17,19H,5,8-10H2,1-4H3/t11-,12+,13+,14+,15+,16+,17+/m1/s1. The maximum atomic E-state index is 12.2. The Balaban J connectivity index is 2.17. The van der Waals surface area contributed by atoms with E-state index in [9.17, 15) is 9.90 Å². The molecular formula is C18H30O3. The third-order valence-electron chi connectivity index (χ3n) is 5.56. The Morgan fingerprint density at radius 3 is 2.67 bits per heavy atom. The minimum Gasteiger partial charge on any atom is -0.462 e. The van der Waals surface area contributed by atoms with Gasteiger partial charge in [-0.15, -0.1) is 0 Å². The number of carbonyl (C=O) groups is 1. The topological polar surface area (TPSA) is 46.5 Å². The van der Waals surface area contributed by atoms with Crippen LogP contribution in [0.2, 0.25) is 0 Å². The van der Waals surface area contributed by atoms with Gasteiger partial charge in [-0.25, -0.2) is 0 Å². The first kappa shape index (κ1) is 16.5. The second-order valence-corrected chi connectivity index (χ2v) is 7.19. The minimum atomic E-state index is -0.0748. The predicted octanol–water partition coefficient (Wildman–Crippen LogP) is 3.42. The Morgan fingerprint density at radius 1 is 1.33 bits per heavy atom. The first-order chi connectivity index (χ1) is 9.97. The van der Waals surface area contributed by atoms with Crippen LogP contribution in [0.1, 0.15) is 47.0 Å². The van der Waals surface area contributed by atoms with Crippen molar-refractivity contribution in [3.63, 3.8) is 0 Å². The summed E-state index contributed by atoms with van der Waals surface area (Å²) in [6, 6.07) is 0. The molecule has 0 bridgehead atoms. The fourth-order valence-electron chi connectivity index (χ4n) is 4.01. The highest BCUT2D eigenvalue weighted by Gasteiger charge is 2.45. The lowest BCUT2D eigenvalue weighted by Gasteiger charge is -2.46. The molecule has 0 amide bonds. The first-order valence-corrected chi connectivity index (χ1v) is 8.47. The first-order valence-electron chi connectivity index (χ1n) is 8.47. The lowest BCUT2D eigenvalue weighted by molar-refractivity contribution is -0.164. The molecule has 3 heteroatoms. The number of aliphatic hydroxyl groups excluding tert-OH is 1. The van der Waals surface area contributed by atoms with Gasteiger partial charge in [-0.2, -0.15) is 0 Å². The van der Waals surface area contributed by atoms with Crippen LogP contribution in [0.4, 0.5) is 0 Å². The molecule has 0 saturated heterocycles. The number of hydrogen-bond acceptors (Lipinski definition) is 3. The second-order valence-electron chi connectivity index (χ2n) is 7.19. The molecule has 120 valence electrons. The zero-order valence-electron chi connectivity index (χ0n) is 13.8. The van der Waals surface area contributed by atoms with Crippen LogP contribution in [-0.4, -0.2) is 23.8 Å². The monoisotopic (exact) mass is 294 g/mol. The van der Waals surface area contributed by atoms with E-state index in [0.29, 0.717) is 17.8 Å². The van der Waals surface area contributed by atoms with Crippen molar-refractivity contribution in [2.75, 3.05) is 6.61 Å². The number of ether oxygens (including phenoxy) is 1. The van der Waals surface area contributed by atoms with E-state index in [1.54, 1.807) is 0 Å². The van der Waals surface area contributed by atoms with Crippen molar-refractivity contribution in [2.45, 2.75) is 53.1 Å². The molecule has 0 unspecified atom stereocenters. The van der Waals surface area contributed by atoms with Crippen LogP contribution in [0.15, 0.2) is 12.2 Å². The van der Waals surface area contributed by atoms with Gasteiger partial charge in [0.25, 0.3) is 0 Å². The van der Waals surface area contributed by atoms with E-state index in [1.807, 2.05) is 13.8 Å². The van der Waals surface area contributed by atoms with Gasteiger partial charge in [0.15, 0.2) is 0 Å². The highest BCUT2D eigenvalue weighted by atomic mass is 16.5. The van der Waals surface area contributed by atoms with E-state index in [0.717, 1.165) is 19.3 Å². The molecule has 0 radical (unpaired) electrons. The van der Waals surface area contributed by atoms with Gasteiger partial charge in [0.05, 0.1) is 5.92 Å². The number of hydrogen-bond donors (Lipinski definition) is 1. The van der Waals surface area contributed by atoms with Crippen LogP contribution in [0, 0.1) is 35.5 Å². The van der Waals surface area contributed by atoms with E-state index in [-0.39, 0.29) is 36.4 Å². The molecule has 2 aliphatic rings. The van der Waals surface area contributed by atoms with Crippen molar-refractivity contribution in [1.82, 2.24) is 0 Å². The minimum absolute atomic E-state index is 0.0372. The quantitative estimate of drug-likeness (QED) is 0.638. The number of esters is 1. The Kier molecular flexibility index (Phi) is 5.48. The van der Waals surface area contributed by atoms with Crippen molar-refractivity contribution < 1.29 is 14.6 Å². The molecule has 1 N–H and O–H groups in total. The molecule has 21 heavy (non-hydrogen) atoms. The molecule has 0 spiro atoms. The largest absolute Gasteiger partial charge is 0.462 e. The molecule has 1 fully saturated rings. The highest BCUT2D eigenvalue weighted by Crippen LogP contribution is 2.45. The number of allylic oxidation sites excluding steroid dienone is 2. The highest BCUT2D eigenvalue weighted by molar-refractivity contribution is 5.72. The Hall–Kier alpha value is -0.830. The average Bonchev–Trinajstić information content (AvgIpc) is 2.46. The molecule has 0 aliphatic heterocycles. The summed E-state index contributed by atoms with van der Waals surface area (Å²) in [5, 5.41) is 9.80. The van der Waals surface area contributed by atoms with Gasteiger partial charge in [0.1, 0.15) is 6.10 Å². The van der Waals surface area contributed by atoms with Gasteiger partial charge in [-0.05, 0) is 42.9 Å². The van der Waals surface area contributed by atoms with Crippen molar-refractivity contribution in [1.29, 1.82) is 0 Å². The zero-order chi connectivity index (χ0) is 15.6. The summed E-state index contributed by atoms with van der Waals surface area (Å²) in [6.45, 7) is 8.51. The summed E-state index contributed by atoms with van der Waals surface area (Å²) in [5.41, 5.74) is 0. The second kappa shape index (κ2) is 6.95. The lowest BCUT2D eigenvalue weighted by atomic mass is 9.62. The third-order valence-corrected chi connectivity index (χ3v) is 5.56.